The molecule has 0 spiro atoms. The van der Waals surface area contributed by atoms with Crippen molar-refractivity contribution in [1.82, 2.24) is 0 Å². The molecule has 0 fully saturated rings. The van der Waals surface area contributed by atoms with Gasteiger partial charge in [-0.2, -0.15) is 0 Å². The number of aliphatic hydroxyl groups excluding tert-OH is 1. The van der Waals surface area contributed by atoms with Gasteiger partial charge in [0.05, 0.1) is 6.10 Å². The third-order valence-corrected chi connectivity index (χ3v) is 2.90. The summed E-state index contributed by atoms with van der Waals surface area (Å²) in [4.78, 5) is 0. The standard InChI is InChI=1S/C14H16ClNO2/c1-10(17)8-16-9-13-6-7-14(18-13)11-2-4-12(15)5-3-11/h2-7,10,16-17H,8-9H2,1H3/p+1/t10-/m0/s1. The molecule has 0 bridgehead atoms. The smallest absolute Gasteiger partial charge is 0.158 e. The highest BCUT2D eigenvalue weighted by Crippen LogP contribution is 2.23. The van der Waals surface area contributed by atoms with Crippen molar-refractivity contribution in [3.63, 3.8) is 0 Å². The van der Waals surface area contributed by atoms with E-state index >= 15 is 0 Å². The van der Waals surface area contributed by atoms with Crippen LogP contribution < -0.4 is 5.32 Å². The number of benzene rings is 1. The molecule has 0 amide bonds. The van der Waals surface area contributed by atoms with Crippen molar-refractivity contribution in [2.24, 2.45) is 0 Å². The fourth-order valence-corrected chi connectivity index (χ4v) is 1.85. The van der Waals surface area contributed by atoms with E-state index in [2.05, 4.69) is 0 Å². The van der Waals surface area contributed by atoms with E-state index in [1.54, 1.807) is 6.92 Å². The Labute approximate surface area is 111 Å². The summed E-state index contributed by atoms with van der Waals surface area (Å²) in [6.07, 6.45) is -0.296. The van der Waals surface area contributed by atoms with Gasteiger partial charge < -0.3 is 14.8 Å². The number of halogens is 1. The van der Waals surface area contributed by atoms with Crippen LogP contribution in [0.1, 0.15) is 12.7 Å². The molecular formula is C14H17ClNO2+. The zero-order valence-corrected chi connectivity index (χ0v) is 11.0. The maximum atomic E-state index is 9.17. The predicted octanol–water partition coefficient (Wildman–Crippen LogP) is 2.04. The van der Waals surface area contributed by atoms with Crippen LogP contribution in [0.15, 0.2) is 40.8 Å². The molecule has 4 heteroatoms. The number of hydrogen-bond donors (Lipinski definition) is 2. The van der Waals surface area contributed by atoms with Crippen molar-refractivity contribution in [2.45, 2.75) is 19.6 Å². The van der Waals surface area contributed by atoms with Gasteiger partial charge in [0.15, 0.2) is 5.76 Å². The van der Waals surface area contributed by atoms with Crippen LogP contribution in [0, 0.1) is 0 Å². The Kier molecular flexibility index (Phi) is 4.42. The Hall–Kier alpha value is -1.29. The molecule has 1 atom stereocenters. The molecule has 0 radical (unpaired) electrons. The molecule has 96 valence electrons. The molecule has 0 saturated heterocycles. The average molecular weight is 267 g/mol. The van der Waals surface area contributed by atoms with Gasteiger partial charge in [-0.3, -0.25) is 0 Å². The van der Waals surface area contributed by atoms with Crippen molar-refractivity contribution < 1.29 is 14.8 Å². The van der Waals surface area contributed by atoms with E-state index in [1.165, 1.54) is 0 Å². The van der Waals surface area contributed by atoms with Crippen LogP contribution in [-0.4, -0.2) is 17.8 Å². The lowest BCUT2D eigenvalue weighted by molar-refractivity contribution is -0.677. The molecule has 18 heavy (non-hydrogen) atoms. The van der Waals surface area contributed by atoms with Crippen molar-refractivity contribution >= 4 is 11.6 Å². The van der Waals surface area contributed by atoms with Gasteiger partial charge in [-0.15, -0.1) is 0 Å². The fourth-order valence-electron chi connectivity index (χ4n) is 1.72. The Morgan fingerprint density at radius 3 is 2.61 bits per heavy atom. The molecule has 3 nitrogen and oxygen atoms in total. The second-order valence-electron chi connectivity index (χ2n) is 4.35. The van der Waals surface area contributed by atoms with Gasteiger partial charge in [-0.05, 0) is 43.3 Å². The Bertz CT molecular complexity index is 491. The molecule has 1 aromatic heterocycles. The van der Waals surface area contributed by atoms with E-state index in [9.17, 15) is 0 Å². The van der Waals surface area contributed by atoms with Gasteiger partial charge in [0.2, 0.25) is 0 Å². The summed E-state index contributed by atoms with van der Waals surface area (Å²) < 4.78 is 5.74. The van der Waals surface area contributed by atoms with Crippen LogP contribution in [0.4, 0.5) is 0 Å². The molecule has 3 N–H and O–H groups in total. The molecule has 1 aromatic carbocycles. The molecule has 2 rings (SSSR count). The van der Waals surface area contributed by atoms with Gasteiger partial charge in [-0.25, -0.2) is 0 Å². The minimum absolute atomic E-state index is 0.296. The lowest BCUT2D eigenvalue weighted by Crippen LogP contribution is -2.84. The zero-order chi connectivity index (χ0) is 13.0. The van der Waals surface area contributed by atoms with Crippen molar-refractivity contribution in [3.8, 4) is 11.3 Å². The summed E-state index contributed by atoms with van der Waals surface area (Å²) in [5.74, 6) is 1.74. The second kappa shape index (κ2) is 6.05. The maximum absolute atomic E-state index is 9.17. The first-order valence-corrected chi connectivity index (χ1v) is 6.37. The Balaban J connectivity index is 1.99. The number of hydrogen-bond acceptors (Lipinski definition) is 2. The molecule has 0 unspecified atom stereocenters. The van der Waals surface area contributed by atoms with Crippen molar-refractivity contribution in [2.75, 3.05) is 6.54 Å². The average Bonchev–Trinajstić information content (AvgIpc) is 2.78. The maximum Gasteiger partial charge on any atom is 0.158 e. The first-order chi connectivity index (χ1) is 8.65. The molecule has 0 aliphatic carbocycles. The van der Waals surface area contributed by atoms with Gasteiger partial charge >= 0.3 is 0 Å². The van der Waals surface area contributed by atoms with E-state index in [-0.39, 0.29) is 6.10 Å². The Morgan fingerprint density at radius 1 is 1.22 bits per heavy atom. The van der Waals surface area contributed by atoms with Gasteiger partial charge in [0, 0.05) is 10.6 Å². The van der Waals surface area contributed by atoms with Crippen LogP contribution in [0.3, 0.4) is 0 Å². The van der Waals surface area contributed by atoms with E-state index < -0.39 is 0 Å². The van der Waals surface area contributed by atoms with E-state index in [0.29, 0.717) is 6.54 Å². The summed E-state index contributed by atoms with van der Waals surface area (Å²) in [5.41, 5.74) is 1.01. The SMILES string of the molecule is C[C@H](O)C[NH2+]Cc1ccc(-c2ccc(Cl)cc2)o1. The number of furan rings is 1. The topological polar surface area (TPSA) is 50.0 Å². The molecule has 0 aliphatic rings. The van der Waals surface area contributed by atoms with Gasteiger partial charge in [-0.1, -0.05) is 11.6 Å². The summed E-state index contributed by atoms with van der Waals surface area (Å²) in [7, 11) is 0. The zero-order valence-electron chi connectivity index (χ0n) is 10.3. The summed E-state index contributed by atoms with van der Waals surface area (Å²) in [5, 5.41) is 11.9. The highest BCUT2D eigenvalue weighted by Gasteiger charge is 2.06. The third kappa shape index (κ3) is 3.60. The highest BCUT2D eigenvalue weighted by atomic mass is 35.5. The first-order valence-electron chi connectivity index (χ1n) is 5.99. The van der Waals surface area contributed by atoms with Crippen LogP contribution >= 0.6 is 11.6 Å². The van der Waals surface area contributed by atoms with Gasteiger partial charge in [0.1, 0.15) is 18.8 Å². The van der Waals surface area contributed by atoms with E-state index in [1.807, 2.05) is 41.7 Å². The normalized spacial score (nSPS) is 12.6. The monoisotopic (exact) mass is 266 g/mol. The highest BCUT2D eigenvalue weighted by molar-refractivity contribution is 6.30. The van der Waals surface area contributed by atoms with Crippen LogP contribution in [-0.2, 0) is 6.54 Å². The first kappa shape index (κ1) is 13.1. The van der Waals surface area contributed by atoms with Crippen LogP contribution in [0.2, 0.25) is 5.02 Å². The second-order valence-corrected chi connectivity index (χ2v) is 4.79. The quantitative estimate of drug-likeness (QED) is 0.870. The summed E-state index contributed by atoms with van der Waals surface area (Å²) in [6, 6.07) is 11.5. The van der Waals surface area contributed by atoms with Crippen molar-refractivity contribution in [3.05, 3.63) is 47.2 Å². The van der Waals surface area contributed by atoms with Crippen LogP contribution in [0.25, 0.3) is 11.3 Å². The van der Waals surface area contributed by atoms with E-state index in [0.717, 1.165) is 28.7 Å². The Morgan fingerprint density at radius 2 is 1.94 bits per heavy atom. The third-order valence-electron chi connectivity index (χ3n) is 2.64. The van der Waals surface area contributed by atoms with Gasteiger partial charge in [0.25, 0.3) is 0 Å². The number of quaternary nitrogens is 1. The lowest BCUT2D eigenvalue weighted by Gasteiger charge is -2.01. The lowest BCUT2D eigenvalue weighted by atomic mass is 10.2. The minimum atomic E-state index is -0.296. The predicted molar refractivity (Wildman–Crippen MR) is 71.3 cm³/mol. The molecular weight excluding hydrogens is 250 g/mol. The fraction of sp³-hybridized carbons (Fsp3) is 0.286. The summed E-state index contributed by atoms with van der Waals surface area (Å²) in [6.45, 7) is 3.19. The number of rotatable bonds is 5. The summed E-state index contributed by atoms with van der Waals surface area (Å²) >= 11 is 5.84. The molecule has 1 heterocycles. The number of aliphatic hydroxyl groups is 1. The number of nitrogens with two attached hydrogens (primary N) is 1. The molecule has 2 aromatic rings. The molecule has 0 saturated carbocycles. The van der Waals surface area contributed by atoms with E-state index in [4.69, 9.17) is 21.1 Å². The minimum Gasteiger partial charge on any atom is -0.455 e. The molecule has 0 aliphatic heterocycles. The largest absolute Gasteiger partial charge is 0.455 e. The van der Waals surface area contributed by atoms with Crippen molar-refractivity contribution in [1.29, 1.82) is 0 Å². The van der Waals surface area contributed by atoms with Crippen LogP contribution in [0.5, 0.6) is 0 Å².